The molecular formula is C24H26N6O3. The molecule has 1 aliphatic heterocycles. The lowest BCUT2D eigenvalue weighted by Gasteiger charge is -2.29. The van der Waals surface area contributed by atoms with E-state index in [4.69, 9.17) is 0 Å². The highest BCUT2D eigenvalue weighted by atomic mass is 16.2. The van der Waals surface area contributed by atoms with Gasteiger partial charge in [0.15, 0.2) is 5.78 Å². The molecule has 0 spiro atoms. The Morgan fingerprint density at radius 1 is 1.12 bits per heavy atom. The van der Waals surface area contributed by atoms with Gasteiger partial charge in [0.1, 0.15) is 5.82 Å². The predicted octanol–water partition coefficient (Wildman–Crippen LogP) is 3.77. The third-order valence-electron chi connectivity index (χ3n) is 5.37. The Morgan fingerprint density at radius 3 is 2.52 bits per heavy atom. The molecule has 0 saturated heterocycles. The Morgan fingerprint density at radius 2 is 1.85 bits per heavy atom. The van der Waals surface area contributed by atoms with Gasteiger partial charge >= 0.3 is 6.03 Å². The van der Waals surface area contributed by atoms with Gasteiger partial charge in [-0.2, -0.15) is 0 Å². The van der Waals surface area contributed by atoms with Gasteiger partial charge in [0.05, 0.1) is 30.0 Å². The van der Waals surface area contributed by atoms with E-state index < -0.39 is 0 Å². The largest absolute Gasteiger partial charge is 0.355 e. The molecule has 0 saturated carbocycles. The van der Waals surface area contributed by atoms with Crippen LogP contribution in [0, 0.1) is 6.92 Å². The fraction of sp³-hybridized carbons (Fsp3) is 0.250. The Labute approximate surface area is 191 Å². The standard InChI is InChI=1S/C24H26N6O3/c1-14-5-7-17(8-6-14)27-23-21-18(12-30(13-19(21)32)24(33)29(3)4)28-22(23)16-9-10-25-20(11-16)26-15(2)31/h5-11,27-28H,12-13H2,1-4H3,(H,25,26,31). The monoisotopic (exact) mass is 446 g/mol. The Kier molecular flexibility index (Phi) is 5.87. The summed E-state index contributed by atoms with van der Waals surface area (Å²) in [4.78, 5) is 47.7. The van der Waals surface area contributed by atoms with Crippen LogP contribution in [0.3, 0.4) is 0 Å². The molecule has 3 aromatic rings. The van der Waals surface area contributed by atoms with Crippen molar-refractivity contribution in [1.82, 2.24) is 19.8 Å². The van der Waals surface area contributed by atoms with Crippen molar-refractivity contribution in [3.05, 3.63) is 59.4 Å². The second-order valence-electron chi connectivity index (χ2n) is 8.29. The van der Waals surface area contributed by atoms with Crippen LogP contribution in [0.5, 0.6) is 0 Å². The number of anilines is 3. The molecule has 1 aromatic carbocycles. The van der Waals surface area contributed by atoms with E-state index in [-0.39, 0.29) is 30.8 Å². The predicted molar refractivity (Wildman–Crippen MR) is 127 cm³/mol. The molecular weight excluding hydrogens is 420 g/mol. The highest BCUT2D eigenvalue weighted by Crippen LogP contribution is 2.38. The summed E-state index contributed by atoms with van der Waals surface area (Å²) in [6.07, 6.45) is 1.60. The first-order valence-electron chi connectivity index (χ1n) is 10.5. The zero-order chi connectivity index (χ0) is 23.7. The minimum Gasteiger partial charge on any atom is -0.355 e. The smallest absolute Gasteiger partial charge is 0.320 e. The van der Waals surface area contributed by atoms with E-state index in [1.807, 2.05) is 31.2 Å². The van der Waals surface area contributed by atoms with Crippen molar-refractivity contribution in [2.45, 2.75) is 20.4 Å². The Balaban J connectivity index is 1.81. The van der Waals surface area contributed by atoms with Crippen molar-refractivity contribution in [1.29, 1.82) is 0 Å². The number of aromatic nitrogens is 2. The highest BCUT2D eigenvalue weighted by molar-refractivity contribution is 6.09. The van der Waals surface area contributed by atoms with Crippen molar-refractivity contribution in [2.24, 2.45) is 0 Å². The van der Waals surface area contributed by atoms with Crippen LogP contribution in [0.1, 0.15) is 28.5 Å². The average Bonchev–Trinajstić information content (AvgIpc) is 3.13. The average molecular weight is 447 g/mol. The third kappa shape index (κ3) is 4.57. The number of Topliss-reactive ketones (excluding diaryl/α,β-unsaturated/α-hetero) is 1. The number of hydrogen-bond acceptors (Lipinski definition) is 5. The van der Waals surface area contributed by atoms with E-state index in [1.165, 1.54) is 16.7 Å². The molecule has 3 heterocycles. The van der Waals surface area contributed by atoms with Crippen LogP contribution in [0.15, 0.2) is 42.6 Å². The van der Waals surface area contributed by atoms with E-state index in [2.05, 4.69) is 20.6 Å². The number of nitrogens with one attached hydrogen (secondary N) is 3. The number of nitrogens with zero attached hydrogens (tertiary/aromatic N) is 3. The molecule has 0 atom stereocenters. The molecule has 9 heteroatoms. The highest BCUT2D eigenvalue weighted by Gasteiger charge is 2.33. The lowest BCUT2D eigenvalue weighted by atomic mass is 10.0. The summed E-state index contributed by atoms with van der Waals surface area (Å²) in [5.74, 6) is 0.0285. The molecule has 0 bridgehead atoms. The van der Waals surface area contributed by atoms with Gasteiger partial charge in [-0.3, -0.25) is 9.59 Å². The summed E-state index contributed by atoms with van der Waals surface area (Å²) < 4.78 is 0. The summed E-state index contributed by atoms with van der Waals surface area (Å²) in [7, 11) is 3.32. The molecule has 0 aliphatic carbocycles. The van der Waals surface area contributed by atoms with Crippen LogP contribution in [0.25, 0.3) is 11.3 Å². The summed E-state index contributed by atoms with van der Waals surface area (Å²) in [6.45, 7) is 3.70. The lowest BCUT2D eigenvalue weighted by Crippen LogP contribution is -2.44. The van der Waals surface area contributed by atoms with Gasteiger partial charge in [0, 0.05) is 44.2 Å². The van der Waals surface area contributed by atoms with E-state index >= 15 is 0 Å². The molecule has 0 radical (unpaired) electrons. The first-order chi connectivity index (χ1) is 15.7. The second-order valence-corrected chi connectivity index (χ2v) is 8.29. The molecule has 0 fully saturated rings. The number of carbonyl (C=O) groups is 3. The molecule has 1 aliphatic rings. The van der Waals surface area contributed by atoms with Crippen LogP contribution in [0.2, 0.25) is 0 Å². The van der Waals surface area contributed by atoms with Crippen LogP contribution >= 0.6 is 0 Å². The number of H-pyrrole nitrogens is 1. The topological polar surface area (TPSA) is 110 Å². The number of fused-ring (bicyclic) bond motifs is 1. The molecule has 0 unspecified atom stereocenters. The first kappa shape index (κ1) is 22.1. The van der Waals surface area contributed by atoms with Crippen LogP contribution < -0.4 is 10.6 Å². The first-order valence-corrected chi connectivity index (χ1v) is 10.5. The minimum atomic E-state index is -0.227. The number of aryl methyl sites for hydroxylation is 1. The van der Waals surface area contributed by atoms with E-state index in [9.17, 15) is 14.4 Å². The van der Waals surface area contributed by atoms with Crippen LogP contribution in [-0.4, -0.2) is 58.1 Å². The summed E-state index contributed by atoms with van der Waals surface area (Å²) in [6, 6.07) is 11.2. The van der Waals surface area contributed by atoms with Gasteiger partial charge in [-0.15, -0.1) is 0 Å². The van der Waals surface area contributed by atoms with E-state index in [1.54, 1.807) is 32.4 Å². The zero-order valence-corrected chi connectivity index (χ0v) is 19.0. The molecule has 33 heavy (non-hydrogen) atoms. The number of hydrogen-bond donors (Lipinski definition) is 3. The number of benzene rings is 1. The number of amides is 3. The zero-order valence-electron chi connectivity index (χ0n) is 19.0. The van der Waals surface area contributed by atoms with Gasteiger partial charge < -0.3 is 25.4 Å². The van der Waals surface area contributed by atoms with Gasteiger partial charge in [-0.1, -0.05) is 17.7 Å². The normalized spacial score (nSPS) is 12.8. The van der Waals surface area contributed by atoms with Crippen LogP contribution in [0.4, 0.5) is 22.0 Å². The maximum absolute atomic E-state index is 13.2. The van der Waals surface area contributed by atoms with Crippen molar-refractivity contribution >= 4 is 34.9 Å². The molecule has 2 aromatic heterocycles. The third-order valence-corrected chi connectivity index (χ3v) is 5.37. The number of carbonyl (C=O) groups excluding carboxylic acids is 3. The van der Waals surface area contributed by atoms with Gasteiger partial charge in [0.2, 0.25) is 5.91 Å². The minimum absolute atomic E-state index is 0.00261. The van der Waals surface area contributed by atoms with Crippen molar-refractivity contribution in [3.8, 4) is 11.3 Å². The second kappa shape index (κ2) is 8.78. The quantitative estimate of drug-likeness (QED) is 0.565. The molecule has 3 amide bonds. The fourth-order valence-electron chi connectivity index (χ4n) is 3.85. The van der Waals surface area contributed by atoms with E-state index in [0.29, 0.717) is 28.5 Å². The maximum atomic E-state index is 13.2. The fourth-order valence-corrected chi connectivity index (χ4v) is 3.85. The molecule has 170 valence electrons. The van der Waals surface area contributed by atoms with Gasteiger partial charge in [-0.25, -0.2) is 9.78 Å². The summed E-state index contributed by atoms with van der Waals surface area (Å²) in [5, 5.41) is 6.08. The summed E-state index contributed by atoms with van der Waals surface area (Å²) in [5.41, 5.74) is 5.21. The van der Waals surface area contributed by atoms with Gasteiger partial charge in [0.25, 0.3) is 0 Å². The van der Waals surface area contributed by atoms with Crippen molar-refractivity contribution < 1.29 is 14.4 Å². The Bertz CT molecular complexity index is 1230. The van der Waals surface area contributed by atoms with Crippen LogP contribution in [-0.2, 0) is 11.3 Å². The number of urea groups is 1. The lowest BCUT2D eigenvalue weighted by molar-refractivity contribution is -0.114. The number of rotatable bonds is 4. The molecule has 4 rings (SSSR count). The number of ketones is 1. The van der Waals surface area contributed by atoms with Gasteiger partial charge in [-0.05, 0) is 31.2 Å². The van der Waals surface area contributed by atoms with E-state index in [0.717, 1.165) is 16.8 Å². The molecule has 9 nitrogen and oxygen atoms in total. The number of pyridine rings is 1. The molecule has 3 N–H and O–H groups in total. The maximum Gasteiger partial charge on any atom is 0.320 e. The SMILES string of the molecule is CC(=O)Nc1cc(-c2[nH]c3c(c2Nc2ccc(C)cc2)C(=O)CN(C(=O)N(C)C)C3)ccn1. The van der Waals surface area contributed by atoms with Crippen molar-refractivity contribution in [2.75, 3.05) is 31.3 Å². The summed E-state index contributed by atoms with van der Waals surface area (Å²) >= 11 is 0. The van der Waals surface area contributed by atoms with Crippen molar-refractivity contribution in [3.63, 3.8) is 0 Å². The number of aromatic amines is 1. The Hall–Kier alpha value is -4.14.